The summed E-state index contributed by atoms with van der Waals surface area (Å²) in [6, 6.07) is 16.1. The first-order valence-electron chi connectivity index (χ1n) is 10.9. The van der Waals surface area contributed by atoms with Gasteiger partial charge in [0.1, 0.15) is 11.6 Å². The Kier molecular flexibility index (Phi) is 5.55. The monoisotopic (exact) mass is 429 g/mol. The fourth-order valence-corrected chi connectivity index (χ4v) is 4.11. The van der Waals surface area contributed by atoms with Crippen LogP contribution in [0.5, 0.6) is 0 Å². The van der Waals surface area contributed by atoms with Gasteiger partial charge in [-0.2, -0.15) is 4.98 Å². The number of hydrogen-bond acceptors (Lipinski definition) is 8. The summed E-state index contributed by atoms with van der Waals surface area (Å²) in [4.78, 5) is 18.6. The van der Waals surface area contributed by atoms with Gasteiger partial charge in [-0.05, 0) is 26.0 Å². The third kappa shape index (κ3) is 4.19. The number of nitrogens with zero attached hydrogens (tertiary/aromatic N) is 6. The molecule has 8 heteroatoms. The zero-order valence-electron chi connectivity index (χ0n) is 18.4. The number of aromatic nitrogens is 4. The van der Waals surface area contributed by atoms with Gasteiger partial charge in [0, 0.05) is 37.1 Å². The van der Waals surface area contributed by atoms with Crippen molar-refractivity contribution < 1.29 is 4.52 Å². The van der Waals surface area contributed by atoms with E-state index in [0.717, 1.165) is 48.5 Å². The van der Waals surface area contributed by atoms with Crippen LogP contribution in [-0.4, -0.2) is 56.1 Å². The van der Waals surface area contributed by atoms with Crippen molar-refractivity contribution in [2.75, 3.05) is 31.9 Å². The molecule has 0 spiro atoms. The minimum absolute atomic E-state index is 0.0661. The fourth-order valence-electron chi connectivity index (χ4n) is 4.11. The highest BCUT2D eigenvalue weighted by molar-refractivity contribution is 5.87. The summed E-state index contributed by atoms with van der Waals surface area (Å²) in [5.41, 5.74) is 9.21. The molecule has 1 aliphatic heterocycles. The van der Waals surface area contributed by atoms with Crippen LogP contribution in [0.4, 0.5) is 5.82 Å². The molecule has 0 amide bonds. The molecule has 2 aromatic heterocycles. The third-order valence-electron chi connectivity index (χ3n) is 6.11. The van der Waals surface area contributed by atoms with E-state index in [4.69, 9.17) is 10.3 Å². The summed E-state index contributed by atoms with van der Waals surface area (Å²) >= 11 is 0. The molecule has 0 saturated carbocycles. The lowest BCUT2D eigenvalue weighted by molar-refractivity contribution is 0.0832. The van der Waals surface area contributed by atoms with E-state index in [0.29, 0.717) is 24.1 Å². The highest BCUT2D eigenvalue weighted by Gasteiger charge is 2.26. The summed E-state index contributed by atoms with van der Waals surface area (Å²) in [6.07, 6.45) is 0. The van der Waals surface area contributed by atoms with Crippen LogP contribution >= 0.6 is 0 Å². The first-order chi connectivity index (χ1) is 15.6. The van der Waals surface area contributed by atoms with E-state index in [-0.39, 0.29) is 6.04 Å². The topological polar surface area (TPSA) is 97.2 Å². The summed E-state index contributed by atoms with van der Waals surface area (Å²) in [5.74, 6) is 2.59. The van der Waals surface area contributed by atoms with Gasteiger partial charge in [0.2, 0.25) is 11.7 Å². The summed E-state index contributed by atoms with van der Waals surface area (Å²) in [7, 11) is 0. The molecule has 3 heterocycles. The number of aryl methyl sites for hydroxylation is 1. The molecule has 4 aromatic rings. The van der Waals surface area contributed by atoms with Gasteiger partial charge in [-0.3, -0.25) is 9.80 Å². The number of rotatable bonds is 5. The molecule has 5 rings (SSSR count). The Bertz CT molecular complexity index is 1210. The number of fused-ring (bicyclic) bond motifs is 1. The lowest BCUT2D eigenvalue weighted by atomic mass is 10.1. The second-order valence-corrected chi connectivity index (χ2v) is 8.35. The number of benzene rings is 2. The summed E-state index contributed by atoms with van der Waals surface area (Å²) in [6.45, 7) is 8.52. The molecule has 32 heavy (non-hydrogen) atoms. The van der Waals surface area contributed by atoms with E-state index in [2.05, 4.69) is 55.9 Å². The fraction of sp³-hybridized carbons (Fsp3) is 0.333. The molecular formula is C24H27N7O. The van der Waals surface area contributed by atoms with Crippen LogP contribution < -0.4 is 5.73 Å². The van der Waals surface area contributed by atoms with Gasteiger partial charge < -0.3 is 10.3 Å². The highest BCUT2D eigenvalue weighted by Crippen LogP contribution is 2.24. The Hall–Kier alpha value is -3.36. The number of nitrogen functional groups attached to an aromatic ring is 1. The molecule has 0 bridgehead atoms. The van der Waals surface area contributed by atoms with E-state index in [1.54, 1.807) is 0 Å². The SMILES string of the molecule is Cc1ccc(-c2noc([C@H](C)N3CCN(Cc4nc(N)c5ccccc5n4)CC3)n2)cc1. The molecule has 164 valence electrons. The van der Waals surface area contributed by atoms with Gasteiger partial charge in [0.05, 0.1) is 18.1 Å². The molecule has 2 N–H and O–H groups in total. The summed E-state index contributed by atoms with van der Waals surface area (Å²) < 4.78 is 5.59. The van der Waals surface area contributed by atoms with Crippen LogP contribution in [0.3, 0.4) is 0 Å². The van der Waals surface area contributed by atoms with Crippen molar-refractivity contribution in [3.63, 3.8) is 0 Å². The summed E-state index contributed by atoms with van der Waals surface area (Å²) in [5, 5.41) is 5.09. The smallest absolute Gasteiger partial charge is 0.244 e. The lowest BCUT2D eigenvalue weighted by Gasteiger charge is -2.36. The van der Waals surface area contributed by atoms with Crippen LogP contribution in [-0.2, 0) is 6.54 Å². The Morgan fingerprint density at radius 2 is 1.72 bits per heavy atom. The highest BCUT2D eigenvalue weighted by atomic mass is 16.5. The van der Waals surface area contributed by atoms with Gasteiger partial charge in [0.15, 0.2) is 0 Å². The Morgan fingerprint density at radius 3 is 2.50 bits per heavy atom. The van der Waals surface area contributed by atoms with Crippen LogP contribution in [0.2, 0.25) is 0 Å². The number of para-hydroxylation sites is 1. The first-order valence-corrected chi connectivity index (χ1v) is 10.9. The zero-order chi connectivity index (χ0) is 22.1. The third-order valence-corrected chi connectivity index (χ3v) is 6.11. The quantitative estimate of drug-likeness (QED) is 0.515. The number of hydrogen-bond donors (Lipinski definition) is 1. The van der Waals surface area contributed by atoms with Crippen molar-refractivity contribution in [3.8, 4) is 11.4 Å². The molecular weight excluding hydrogens is 402 g/mol. The second kappa shape index (κ2) is 8.64. The van der Waals surface area contributed by atoms with Gasteiger partial charge in [-0.15, -0.1) is 0 Å². The van der Waals surface area contributed by atoms with Gasteiger partial charge >= 0.3 is 0 Å². The predicted molar refractivity (Wildman–Crippen MR) is 124 cm³/mol. The van der Waals surface area contributed by atoms with Crippen LogP contribution in [0.15, 0.2) is 53.1 Å². The van der Waals surface area contributed by atoms with Gasteiger partial charge in [-0.1, -0.05) is 47.1 Å². The van der Waals surface area contributed by atoms with Gasteiger partial charge in [-0.25, -0.2) is 9.97 Å². The molecule has 1 aliphatic rings. The molecule has 0 aliphatic carbocycles. The number of piperazine rings is 1. The van der Waals surface area contributed by atoms with Crippen molar-refractivity contribution in [3.05, 3.63) is 65.8 Å². The predicted octanol–water partition coefficient (Wildman–Crippen LogP) is 3.45. The maximum atomic E-state index is 6.14. The molecule has 1 atom stereocenters. The van der Waals surface area contributed by atoms with Crippen molar-refractivity contribution >= 4 is 16.7 Å². The van der Waals surface area contributed by atoms with E-state index in [1.807, 2.05) is 36.4 Å². The average molecular weight is 430 g/mol. The maximum Gasteiger partial charge on any atom is 0.244 e. The molecule has 1 fully saturated rings. The molecule has 0 radical (unpaired) electrons. The Labute approximate surface area is 187 Å². The average Bonchev–Trinajstić information content (AvgIpc) is 3.30. The minimum atomic E-state index is 0.0661. The Balaban J connectivity index is 1.21. The van der Waals surface area contributed by atoms with E-state index in [1.165, 1.54) is 5.56 Å². The van der Waals surface area contributed by atoms with Crippen molar-refractivity contribution in [1.82, 2.24) is 29.9 Å². The van der Waals surface area contributed by atoms with Crippen LogP contribution in [0, 0.1) is 6.92 Å². The second-order valence-electron chi connectivity index (χ2n) is 8.35. The van der Waals surface area contributed by atoms with Crippen LogP contribution in [0.25, 0.3) is 22.3 Å². The number of anilines is 1. The standard InChI is InChI=1S/C24H27N7O/c1-16-7-9-18(10-8-16)23-28-24(32-29-23)17(2)31-13-11-30(12-14-31)15-21-26-20-6-4-3-5-19(20)22(25)27-21/h3-10,17H,11-15H2,1-2H3,(H2,25,26,27)/t17-/m0/s1. The van der Waals surface area contributed by atoms with Crippen molar-refractivity contribution in [1.29, 1.82) is 0 Å². The van der Waals surface area contributed by atoms with Gasteiger partial charge in [0.25, 0.3) is 0 Å². The molecule has 8 nitrogen and oxygen atoms in total. The van der Waals surface area contributed by atoms with E-state index in [9.17, 15) is 0 Å². The van der Waals surface area contributed by atoms with Crippen molar-refractivity contribution in [2.24, 2.45) is 0 Å². The molecule has 0 unspecified atom stereocenters. The van der Waals surface area contributed by atoms with Crippen molar-refractivity contribution in [2.45, 2.75) is 26.4 Å². The first kappa shape index (κ1) is 20.5. The van der Waals surface area contributed by atoms with Crippen LogP contribution in [0.1, 0.15) is 30.2 Å². The molecule has 2 aromatic carbocycles. The Morgan fingerprint density at radius 1 is 0.969 bits per heavy atom. The van der Waals surface area contributed by atoms with E-state index < -0.39 is 0 Å². The maximum absolute atomic E-state index is 6.14. The molecule has 1 saturated heterocycles. The minimum Gasteiger partial charge on any atom is -0.383 e. The lowest BCUT2D eigenvalue weighted by Crippen LogP contribution is -2.46. The largest absolute Gasteiger partial charge is 0.383 e. The number of nitrogens with two attached hydrogens (primary N) is 1. The zero-order valence-corrected chi connectivity index (χ0v) is 18.4. The normalized spacial score (nSPS) is 16.4. The van der Waals surface area contributed by atoms with E-state index >= 15 is 0 Å².